The Morgan fingerprint density at radius 1 is 0.903 bits per heavy atom. The minimum absolute atomic E-state index is 0.241. The molecule has 3 rings (SSSR count). The highest BCUT2D eigenvalue weighted by atomic mass is 16.7. The maximum Gasteiger partial charge on any atom is 0.626 e. The third-order valence-electron chi connectivity index (χ3n) is 4.19. The summed E-state index contributed by atoms with van der Waals surface area (Å²) in [5.74, 6) is -0.241. The minimum atomic E-state index is -0.798. The number of ether oxygens (including phenoxy) is 1. The number of nitrogens with zero attached hydrogens (tertiary/aromatic N) is 1. The van der Waals surface area contributed by atoms with E-state index in [1.807, 2.05) is 38.1 Å². The summed E-state index contributed by atoms with van der Waals surface area (Å²) in [4.78, 5) is 28.5. The van der Waals surface area contributed by atoms with Crippen LogP contribution in [0.25, 0.3) is 11.2 Å². The van der Waals surface area contributed by atoms with Gasteiger partial charge in [-0.2, -0.15) is 17.7 Å². The molecule has 0 saturated heterocycles. The molecule has 1 aliphatic rings. The van der Waals surface area contributed by atoms with Gasteiger partial charge in [-0.25, -0.2) is 10.1 Å². The number of allylic oxidation sites excluding steroid dienone is 3. The van der Waals surface area contributed by atoms with E-state index in [-0.39, 0.29) is 5.82 Å². The molecular formula is C23H22N4O4-2. The Balaban J connectivity index is 1.46. The van der Waals surface area contributed by atoms with Gasteiger partial charge in [0.05, 0.1) is 10.9 Å². The SMILES string of the molecule is Cc1ccc(NC(=O)O[N-]C([NH-])=C2C=C[C-]([OH+]C(=O)Nc3ccc(C)cc3)C=C2)cc1. The predicted molar refractivity (Wildman–Crippen MR) is 120 cm³/mol. The van der Waals surface area contributed by atoms with Crippen molar-refractivity contribution in [3.63, 3.8) is 0 Å². The third kappa shape index (κ3) is 6.60. The number of aliphatic hydroxyl groups is 1. The van der Waals surface area contributed by atoms with Crippen LogP contribution >= 0.6 is 0 Å². The second kappa shape index (κ2) is 9.93. The highest BCUT2D eigenvalue weighted by Crippen LogP contribution is 2.22. The fourth-order valence-electron chi connectivity index (χ4n) is 2.52. The molecule has 0 radical (unpaired) electrons. The van der Waals surface area contributed by atoms with Crippen LogP contribution in [0, 0.1) is 20.0 Å². The summed E-state index contributed by atoms with van der Waals surface area (Å²) in [5.41, 5.74) is 15.2. The number of amides is 2. The van der Waals surface area contributed by atoms with Gasteiger partial charge in [-0.05, 0) is 38.1 Å². The number of rotatable bonds is 5. The van der Waals surface area contributed by atoms with Gasteiger partial charge in [0, 0.05) is 11.4 Å². The molecule has 0 aromatic heterocycles. The van der Waals surface area contributed by atoms with E-state index in [1.165, 1.54) is 0 Å². The lowest BCUT2D eigenvalue weighted by Crippen LogP contribution is -2.20. The highest BCUT2D eigenvalue weighted by molar-refractivity contribution is 5.85. The van der Waals surface area contributed by atoms with Crippen molar-refractivity contribution < 1.29 is 19.2 Å². The van der Waals surface area contributed by atoms with Crippen LogP contribution in [0.4, 0.5) is 21.0 Å². The van der Waals surface area contributed by atoms with Gasteiger partial charge in [-0.15, -0.1) is 12.2 Å². The predicted octanol–water partition coefficient (Wildman–Crippen LogP) is 6.39. The van der Waals surface area contributed by atoms with Crippen molar-refractivity contribution in [3.05, 3.63) is 113 Å². The molecule has 31 heavy (non-hydrogen) atoms. The van der Waals surface area contributed by atoms with E-state index in [1.54, 1.807) is 48.6 Å². The first-order valence-corrected chi connectivity index (χ1v) is 9.43. The molecule has 0 bridgehead atoms. The number of benzene rings is 2. The summed E-state index contributed by atoms with van der Waals surface area (Å²) in [6, 6.07) is 14.5. The average molecular weight is 418 g/mol. The first-order valence-electron chi connectivity index (χ1n) is 9.43. The summed E-state index contributed by atoms with van der Waals surface area (Å²) < 4.78 is 3.96. The Bertz CT molecular complexity index is 1010. The average Bonchev–Trinajstić information content (AvgIpc) is 2.76. The van der Waals surface area contributed by atoms with Crippen LogP contribution in [0.2, 0.25) is 0 Å². The van der Waals surface area contributed by atoms with Gasteiger partial charge < -0.3 is 20.8 Å². The molecule has 2 aromatic rings. The number of carbonyl (C=O) groups excluding carboxylic acids is 1. The van der Waals surface area contributed by atoms with Gasteiger partial charge in [0.15, 0.2) is 0 Å². The van der Waals surface area contributed by atoms with Gasteiger partial charge >= 0.3 is 12.2 Å². The second-order valence-electron chi connectivity index (χ2n) is 6.76. The first kappa shape index (κ1) is 21.4. The van der Waals surface area contributed by atoms with Crippen LogP contribution in [0.1, 0.15) is 11.1 Å². The van der Waals surface area contributed by atoms with E-state index in [4.69, 9.17) is 10.6 Å². The fraction of sp³-hybridized carbons (Fsp3) is 0.0870. The first-order chi connectivity index (χ1) is 14.9. The van der Waals surface area contributed by atoms with Crippen molar-refractivity contribution in [3.8, 4) is 0 Å². The second-order valence-corrected chi connectivity index (χ2v) is 6.76. The smallest absolute Gasteiger partial charge is 0.626 e. The van der Waals surface area contributed by atoms with Crippen molar-refractivity contribution in [2.45, 2.75) is 13.8 Å². The lowest BCUT2D eigenvalue weighted by Gasteiger charge is -2.34. The molecule has 1 aliphatic carbocycles. The van der Waals surface area contributed by atoms with Crippen LogP contribution in [-0.2, 0) is 4.84 Å². The molecule has 8 nitrogen and oxygen atoms in total. The number of hydrogen-bond donors (Lipinski definition) is 2. The molecule has 0 spiro atoms. The molecule has 2 aromatic carbocycles. The Labute approximate surface area is 180 Å². The molecule has 2 amide bonds. The van der Waals surface area contributed by atoms with Gasteiger partial charge in [0.2, 0.25) is 0 Å². The zero-order valence-corrected chi connectivity index (χ0v) is 17.0. The largest absolute Gasteiger partial charge is 0.717 e. The maximum absolute atomic E-state index is 12.0. The van der Waals surface area contributed by atoms with E-state index in [9.17, 15) is 9.59 Å². The van der Waals surface area contributed by atoms with Crippen LogP contribution in [0.15, 0.2) is 84.2 Å². The molecule has 4 N–H and O–H groups in total. The summed E-state index contributed by atoms with van der Waals surface area (Å²) in [6.07, 6.45) is 5.37. The van der Waals surface area contributed by atoms with E-state index in [2.05, 4.69) is 20.9 Å². The zero-order valence-electron chi connectivity index (χ0n) is 17.0. The van der Waals surface area contributed by atoms with Gasteiger partial charge in [-0.3, -0.25) is 11.1 Å². The summed E-state index contributed by atoms with van der Waals surface area (Å²) >= 11 is 0. The molecule has 0 atom stereocenters. The summed E-state index contributed by atoms with van der Waals surface area (Å²) in [5, 5.41) is 5.20. The Kier molecular flexibility index (Phi) is 6.85. The maximum atomic E-state index is 12.0. The topological polar surface area (TPSA) is 118 Å². The van der Waals surface area contributed by atoms with Gasteiger partial charge in [0.1, 0.15) is 0 Å². The van der Waals surface area contributed by atoms with E-state index < -0.39 is 12.2 Å². The molecule has 8 heteroatoms. The molecule has 0 fully saturated rings. The van der Waals surface area contributed by atoms with E-state index in [0.717, 1.165) is 11.1 Å². The third-order valence-corrected chi connectivity index (χ3v) is 4.19. The molecule has 0 aliphatic heterocycles. The number of aryl methyl sites for hydroxylation is 2. The van der Waals surface area contributed by atoms with Crippen LogP contribution in [0.3, 0.4) is 0 Å². The van der Waals surface area contributed by atoms with Crippen LogP contribution in [-0.4, -0.2) is 16.9 Å². The number of anilines is 2. The lowest BCUT2D eigenvalue weighted by molar-refractivity contribution is 0.0863. The minimum Gasteiger partial charge on any atom is -0.717 e. The molecule has 160 valence electrons. The zero-order chi connectivity index (χ0) is 22.2. The highest BCUT2D eigenvalue weighted by Gasteiger charge is 2.13. The number of hydrogen-bond acceptors (Lipinski definition) is 3. The summed E-state index contributed by atoms with van der Waals surface area (Å²) in [6.45, 7) is 3.90. The Morgan fingerprint density at radius 3 is 1.97 bits per heavy atom. The fourth-order valence-corrected chi connectivity index (χ4v) is 2.52. The van der Waals surface area contributed by atoms with Crippen molar-refractivity contribution in [2.75, 3.05) is 10.6 Å². The molecular weight excluding hydrogens is 396 g/mol. The van der Waals surface area contributed by atoms with Gasteiger partial charge in [-0.1, -0.05) is 35.4 Å². The van der Waals surface area contributed by atoms with Crippen molar-refractivity contribution in [2.24, 2.45) is 0 Å². The quantitative estimate of drug-likeness (QED) is 0.333. The molecule has 0 heterocycles. The lowest BCUT2D eigenvalue weighted by atomic mass is 10.1. The van der Waals surface area contributed by atoms with Crippen molar-refractivity contribution in [1.82, 2.24) is 0 Å². The van der Waals surface area contributed by atoms with Crippen molar-refractivity contribution >= 4 is 23.6 Å². The van der Waals surface area contributed by atoms with Crippen molar-refractivity contribution in [1.29, 1.82) is 0 Å². The number of hydroxylamine groups is 1. The van der Waals surface area contributed by atoms with Crippen LogP contribution < -0.4 is 10.6 Å². The Hall–Kier alpha value is -4.33. The van der Waals surface area contributed by atoms with E-state index >= 15 is 0 Å². The molecule has 0 unspecified atom stereocenters. The number of carbonyl (C=O) groups is 2. The summed E-state index contributed by atoms with van der Waals surface area (Å²) in [7, 11) is 0. The normalized spacial score (nSPS) is 12.2. The van der Waals surface area contributed by atoms with Crippen LogP contribution in [0.5, 0.6) is 0 Å². The number of nitrogens with one attached hydrogen (secondary N) is 3. The Morgan fingerprint density at radius 2 is 1.42 bits per heavy atom. The van der Waals surface area contributed by atoms with Gasteiger partial charge in [0.25, 0.3) is 0 Å². The standard InChI is InChI=1S/C23H22N4O4/c1-15-3-9-18(10-4-15)25-22(28)30-20-13-7-17(8-14-20)21(24)27-31-23(29)26-19-11-5-16(2)6-12-19/h3-14,24,30H,1-2H3,(H,25,28)(H,26,29)/q-2. The van der Waals surface area contributed by atoms with E-state index in [0.29, 0.717) is 23.1 Å². The molecule has 0 saturated carbocycles. The monoisotopic (exact) mass is 418 g/mol.